The first-order chi connectivity index (χ1) is 8.02. The number of hydrogen-bond acceptors (Lipinski definition) is 1. The van der Waals surface area contributed by atoms with E-state index in [4.69, 9.17) is 0 Å². The molecule has 17 heavy (non-hydrogen) atoms. The number of thioether (sulfide) groups is 1. The summed E-state index contributed by atoms with van der Waals surface area (Å²) in [5, 5.41) is 0.452. The third-order valence-electron chi connectivity index (χ3n) is 2.39. The molecule has 0 saturated heterocycles. The van der Waals surface area contributed by atoms with Crippen molar-refractivity contribution in [2.75, 3.05) is 0 Å². The van der Waals surface area contributed by atoms with Gasteiger partial charge in [0.15, 0.2) is 0 Å². The van der Waals surface area contributed by atoms with E-state index in [2.05, 4.69) is 58.2 Å². The average Bonchev–Trinajstić information content (AvgIpc) is 2.25. The lowest BCUT2D eigenvalue weighted by atomic mass is 9.97. The van der Waals surface area contributed by atoms with Crippen molar-refractivity contribution in [3.8, 4) is 0 Å². The molecule has 0 heterocycles. The summed E-state index contributed by atoms with van der Waals surface area (Å²) < 4.78 is 0. The van der Waals surface area contributed by atoms with Crippen LogP contribution in [0.15, 0.2) is 60.1 Å². The average molecular weight is 248 g/mol. The SMILES string of the molecule is C=C/C=C\C(C)/C(=C/C=C\C)C(C)SC(=C)C. The summed E-state index contributed by atoms with van der Waals surface area (Å²) >= 11 is 1.82. The summed E-state index contributed by atoms with van der Waals surface area (Å²) in [5.41, 5.74) is 1.41. The highest BCUT2D eigenvalue weighted by molar-refractivity contribution is 8.03. The summed E-state index contributed by atoms with van der Waals surface area (Å²) in [6, 6.07) is 0. The minimum absolute atomic E-state index is 0.422. The highest BCUT2D eigenvalue weighted by Gasteiger charge is 2.13. The molecular weight excluding hydrogens is 224 g/mol. The first-order valence-electron chi connectivity index (χ1n) is 5.97. The molecule has 2 atom stereocenters. The predicted molar refractivity (Wildman–Crippen MR) is 83.3 cm³/mol. The molecule has 0 aromatic heterocycles. The fraction of sp³-hybridized carbons (Fsp3) is 0.375. The highest BCUT2D eigenvalue weighted by atomic mass is 32.2. The van der Waals surface area contributed by atoms with Crippen LogP contribution in [-0.4, -0.2) is 5.25 Å². The molecule has 2 unspecified atom stereocenters. The Hall–Kier alpha value is -0.950. The monoisotopic (exact) mass is 248 g/mol. The molecule has 94 valence electrons. The second kappa shape index (κ2) is 9.12. The van der Waals surface area contributed by atoms with Gasteiger partial charge in [0.2, 0.25) is 0 Å². The fourth-order valence-corrected chi connectivity index (χ4v) is 2.62. The minimum atomic E-state index is 0.422. The summed E-state index contributed by atoms with van der Waals surface area (Å²) in [7, 11) is 0. The van der Waals surface area contributed by atoms with Crippen molar-refractivity contribution in [1.82, 2.24) is 0 Å². The normalized spacial score (nSPS) is 16.4. The van der Waals surface area contributed by atoms with Gasteiger partial charge in [-0.15, -0.1) is 11.8 Å². The Morgan fingerprint density at radius 2 is 1.88 bits per heavy atom. The van der Waals surface area contributed by atoms with Crippen molar-refractivity contribution in [2.45, 2.75) is 32.9 Å². The Balaban J connectivity index is 4.92. The lowest BCUT2D eigenvalue weighted by Crippen LogP contribution is -2.08. The Morgan fingerprint density at radius 1 is 1.24 bits per heavy atom. The molecule has 0 aliphatic carbocycles. The Morgan fingerprint density at radius 3 is 2.35 bits per heavy atom. The van der Waals surface area contributed by atoms with Crippen molar-refractivity contribution < 1.29 is 0 Å². The van der Waals surface area contributed by atoms with E-state index < -0.39 is 0 Å². The summed E-state index contributed by atoms with van der Waals surface area (Å²) in [6.45, 7) is 16.2. The fourth-order valence-electron chi connectivity index (χ4n) is 1.59. The second-order valence-corrected chi connectivity index (χ2v) is 5.70. The molecule has 0 aromatic carbocycles. The van der Waals surface area contributed by atoms with Gasteiger partial charge in [-0.2, -0.15) is 0 Å². The smallest absolute Gasteiger partial charge is 0.0280 e. The van der Waals surface area contributed by atoms with Crippen molar-refractivity contribution in [2.24, 2.45) is 5.92 Å². The Kier molecular flexibility index (Phi) is 8.61. The molecule has 0 bridgehead atoms. The van der Waals surface area contributed by atoms with Gasteiger partial charge < -0.3 is 0 Å². The van der Waals surface area contributed by atoms with Gasteiger partial charge in [-0.05, 0) is 31.6 Å². The van der Waals surface area contributed by atoms with Gasteiger partial charge in [0.25, 0.3) is 0 Å². The van der Waals surface area contributed by atoms with Crippen LogP contribution in [0.2, 0.25) is 0 Å². The molecule has 0 saturated carbocycles. The largest absolute Gasteiger partial charge is 0.124 e. The number of hydrogen-bond donors (Lipinski definition) is 0. The second-order valence-electron chi connectivity index (χ2n) is 4.06. The molecule has 0 N–H and O–H groups in total. The number of allylic oxidation sites excluding steroid dienone is 7. The van der Waals surface area contributed by atoms with Crippen LogP contribution in [0.3, 0.4) is 0 Å². The van der Waals surface area contributed by atoms with Gasteiger partial charge in [0.05, 0.1) is 0 Å². The molecule has 0 amide bonds. The van der Waals surface area contributed by atoms with Crippen molar-refractivity contribution in [3.63, 3.8) is 0 Å². The van der Waals surface area contributed by atoms with E-state index in [0.29, 0.717) is 11.2 Å². The van der Waals surface area contributed by atoms with E-state index in [1.807, 2.05) is 30.8 Å². The van der Waals surface area contributed by atoms with E-state index in [1.165, 1.54) is 5.57 Å². The third-order valence-corrected chi connectivity index (χ3v) is 3.42. The summed E-state index contributed by atoms with van der Waals surface area (Å²) in [4.78, 5) is 1.16. The lowest BCUT2D eigenvalue weighted by Gasteiger charge is -2.19. The van der Waals surface area contributed by atoms with Crippen LogP contribution in [-0.2, 0) is 0 Å². The standard InChI is InChI=1S/C16H24S/c1-7-9-11-14(5)16(12-10-8-2)15(6)17-13(3)4/h7-12,14-15H,1,3H2,2,4-6H3/b10-8-,11-9-,16-12-. The van der Waals surface area contributed by atoms with E-state index in [-0.39, 0.29) is 0 Å². The molecule has 1 heteroatoms. The lowest BCUT2D eigenvalue weighted by molar-refractivity contribution is 0.818. The first-order valence-corrected chi connectivity index (χ1v) is 6.85. The quantitative estimate of drug-likeness (QED) is 0.534. The maximum absolute atomic E-state index is 3.96. The van der Waals surface area contributed by atoms with E-state index in [0.717, 1.165) is 4.91 Å². The van der Waals surface area contributed by atoms with Crippen LogP contribution >= 0.6 is 11.8 Å². The zero-order valence-corrected chi connectivity index (χ0v) is 12.3. The summed E-state index contributed by atoms with van der Waals surface area (Å²) in [6.07, 6.45) is 12.4. The van der Waals surface area contributed by atoms with Crippen molar-refractivity contribution in [3.05, 3.63) is 60.1 Å². The third kappa shape index (κ3) is 7.06. The molecule has 0 aliphatic heterocycles. The van der Waals surface area contributed by atoms with Crippen LogP contribution < -0.4 is 0 Å². The molecule has 0 nitrogen and oxygen atoms in total. The van der Waals surface area contributed by atoms with E-state index >= 15 is 0 Å². The van der Waals surface area contributed by atoms with Crippen LogP contribution in [0.5, 0.6) is 0 Å². The van der Waals surface area contributed by atoms with Gasteiger partial charge in [-0.3, -0.25) is 0 Å². The molecule has 0 fully saturated rings. The van der Waals surface area contributed by atoms with Crippen LogP contribution in [0.25, 0.3) is 0 Å². The highest BCUT2D eigenvalue weighted by Crippen LogP contribution is 2.30. The van der Waals surface area contributed by atoms with Crippen molar-refractivity contribution >= 4 is 11.8 Å². The Bertz CT molecular complexity index is 331. The summed E-state index contributed by atoms with van der Waals surface area (Å²) in [5.74, 6) is 0.422. The van der Waals surface area contributed by atoms with Crippen LogP contribution in [0.4, 0.5) is 0 Å². The molecule has 0 radical (unpaired) electrons. The molecule has 0 aliphatic rings. The predicted octanol–water partition coefficient (Wildman–Crippen LogP) is 5.52. The van der Waals surface area contributed by atoms with Gasteiger partial charge in [0.1, 0.15) is 0 Å². The van der Waals surface area contributed by atoms with Gasteiger partial charge in [-0.25, -0.2) is 0 Å². The molecule has 0 spiro atoms. The zero-order valence-electron chi connectivity index (χ0n) is 11.4. The first kappa shape index (κ1) is 16.1. The molecule has 0 rings (SSSR count). The number of rotatable bonds is 7. The van der Waals surface area contributed by atoms with Gasteiger partial charge in [0, 0.05) is 5.25 Å². The molecule has 0 aromatic rings. The maximum atomic E-state index is 3.96. The van der Waals surface area contributed by atoms with E-state index in [9.17, 15) is 0 Å². The maximum Gasteiger partial charge on any atom is 0.0280 e. The van der Waals surface area contributed by atoms with Crippen LogP contribution in [0, 0.1) is 5.92 Å². The van der Waals surface area contributed by atoms with Crippen molar-refractivity contribution in [1.29, 1.82) is 0 Å². The van der Waals surface area contributed by atoms with Crippen LogP contribution in [0.1, 0.15) is 27.7 Å². The zero-order chi connectivity index (χ0) is 13.3. The molecular formula is C16H24S. The van der Waals surface area contributed by atoms with Gasteiger partial charge in [-0.1, -0.05) is 62.1 Å². The topological polar surface area (TPSA) is 0 Å². The van der Waals surface area contributed by atoms with E-state index in [1.54, 1.807) is 0 Å². The Labute approximate surface area is 111 Å². The van der Waals surface area contributed by atoms with Gasteiger partial charge >= 0.3 is 0 Å². The minimum Gasteiger partial charge on any atom is -0.124 e.